The first kappa shape index (κ1) is 30.9. The molecule has 0 aromatic rings. The normalized spacial score (nSPS) is 41.6. The predicted octanol–water partition coefficient (Wildman–Crippen LogP) is 8.72. The fraction of sp³-hybridized carbons (Fsp3) is 1.00. The predicted molar refractivity (Wildman–Crippen MR) is 175 cm³/mol. The lowest BCUT2D eigenvalue weighted by Crippen LogP contribution is -2.46. The van der Waals surface area contributed by atoms with E-state index in [1.54, 1.807) is 0 Å². The van der Waals surface area contributed by atoms with Crippen molar-refractivity contribution < 1.29 is 0 Å². The van der Waals surface area contributed by atoms with Gasteiger partial charge in [-0.1, -0.05) is 61.8 Å². The van der Waals surface area contributed by atoms with Gasteiger partial charge in [0.1, 0.15) is 0 Å². The van der Waals surface area contributed by atoms with Crippen molar-refractivity contribution in [2.75, 3.05) is 39.8 Å². The van der Waals surface area contributed by atoms with Crippen LogP contribution >= 0.6 is 0 Å². The van der Waals surface area contributed by atoms with Crippen LogP contribution in [0, 0.1) is 44.8 Å². The molecule has 3 heteroatoms. The minimum atomic E-state index is 0.417. The van der Waals surface area contributed by atoms with Crippen LogP contribution in [0.3, 0.4) is 0 Å². The minimum absolute atomic E-state index is 0.417. The fourth-order valence-corrected chi connectivity index (χ4v) is 11.6. The summed E-state index contributed by atoms with van der Waals surface area (Å²) in [4.78, 5) is 8.87. The molecule has 0 aromatic heterocycles. The van der Waals surface area contributed by atoms with Crippen molar-refractivity contribution in [3.05, 3.63) is 0 Å². The molecule has 0 aromatic carbocycles. The number of nitrogens with zero attached hydrogens (tertiary/aromatic N) is 3. The topological polar surface area (TPSA) is 9.72 Å². The Kier molecular flexibility index (Phi) is 8.10. The monoisotopic (exact) mass is 568 g/mol. The Morgan fingerprint density at radius 2 is 1.32 bits per heavy atom. The average molecular weight is 568 g/mol. The van der Waals surface area contributed by atoms with Gasteiger partial charge in [-0.25, -0.2) is 0 Å². The van der Waals surface area contributed by atoms with Crippen molar-refractivity contribution in [3.8, 4) is 0 Å². The highest BCUT2D eigenvalue weighted by atomic mass is 15.2. The summed E-state index contributed by atoms with van der Waals surface area (Å²) >= 11 is 0. The van der Waals surface area contributed by atoms with Gasteiger partial charge in [-0.05, 0) is 149 Å². The van der Waals surface area contributed by atoms with Crippen molar-refractivity contribution in [2.24, 2.45) is 44.8 Å². The molecule has 41 heavy (non-hydrogen) atoms. The third-order valence-electron chi connectivity index (χ3n) is 13.8. The zero-order chi connectivity index (χ0) is 29.4. The van der Waals surface area contributed by atoms with Crippen LogP contribution in [0.1, 0.15) is 139 Å². The molecular weight excluding hydrogens is 498 g/mol. The van der Waals surface area contributed by atoms with Crippen LogP contribution in [0.5, 0.6) is 0 Å². The van der Waals surface area contributed by atoms with Gasteiger partial charge >= 0.3 is 0 Å². The highest BCUT2D eigenvalue weighted by Gasteiger charge is 2.64. The zero-order valence-electron chi connectivity index (χ0n) is 29.0. The first-order valence-corrected chi connectivity index (χ1v) is 18.3. The van der Waals surface area contributed by atoms with Crippen molar-refractivity contribution in [2.45, 2.75) is 157 Å². The van der Waals surface area contributed by atoms with Crippen molar-refractivity contribution in [1.29, 1.82) is 0 Å². The minimum Gasteiger partial charge on any atom is -0.303 e. The number of hydrogen-bond acceptors (Lipinski definition) is 3. The lowest BCUT2D eigenvalue weighted by Gasteiger charge is -2.46. The highest BCUT2D eigenvalue weighted by Crippen LogP contribution is 2.65. The molecular formula is C38H69N3. The first-order valence-electron chi connectivity index (χ1n) is 18.3. The molecule has 0 amide bonds. The Morgan fingerprint density at radius 1 is 0.683 bits per heavy atom. The second-order valence-corrected chi connectivity index (χ2v) is 19.7. The van der Waals surface area contributed by atoms with Crippen LogP contribution in [0.4, 0.5) is 0 Å². The molecule has 3 aliphatic carbocycles. The Bertz CT molecular complexity index is 923. The van der Waals surface area contributed by atoms with Gasteiger partial charge in [0.15, 0.2) is 0 Å². The number of likely N-dealkylation sites (tertiary alicyclic amines) is 3. The molecule has 3 spiro atoms. The van der Waals surface area contributed by atoms with E-state index < -0.39 is 0 Å². The molecule has 3 aliphatic heterocycles. The molecule has 0 bridgehead atoms. The van der Waals surface area contributed by atoms with Gasteiger partial charge in [-0.15, -0.1) is 0 Å². The van der Waals surface area contributed by atoms with Crippen molar-refractivity contribution in [3.63, 3.8) is 0 Å². The van der Waals surface area contributed by atoms with Crippen LogP contribution < -0.4 is 0 Å². The van der Waals surface area contributed by atoms with Gasteiger partial charge in [0.2, 0.25) is 0 Å². The van der Waals surface area contributed by atoms with E-state index in [1.165, 1.54) is 116 Å². The zero-order valence-corrected chi connectivity index (χ0v) is 29.0. The van der Waals surface area contributed by atoms with Gasteiger partial charge < -0.3 is 4.90 Å². The van der Waals surface area contributed by atoms with Crippen LogP contribution in [-0.2, 0) is 0 Å². The Balaban J connectivity index is 1.12. The van der Waals surface area contributed by atoms with Crippen molar-refractivity contribution >= 4 is 0 Å². The molecule has 6 aliphatic rings. The van der Waals surface area contributed by atoms with Gasteiger partial charge in [0.05, 0.1) is 0 Å². The van der Waals surface area contributed by atoms with Gasteiger partial charge in [0.25, 0.3) is 0 Å². The van der Waals surface area contributed by atoms with Gasteiger partial charge in [-0.3, -0.25) is 9.80 Å². The first-order chi connectivity index (χ1) is 19.1. The molecule has 0 N–H and O–H groups in total. The van der Waals surface area contributed by atoms with E-state index in [1.807, 2.05) is 0 Å². The van der Waals surface area contributed by atoms with Crippen LogP contribution in [0.15, 0.2) is 0 Å². The van der Waals surface area contributed by atoms with E-state index in [2.05, 4.69) is 77.1 Å². The molecule has 3 saturated heterocycles. The summed E-state index contributed by atoms with van der Waals surface area (Å²) in [5, 5.41) is 0. The largest absolute Gasteiger partial charge is 0.303 e. The van der Waals surface area contributed by atoms with E-state index in [0.717, 1.165) is 35.9 Å². The Morgan fingerprint density at radius 3 is 1.95 bits per heavy atom. The van der Waals surface area contributed by atoms with E-state index in [0.29, 0.717) is 27.1 Å². The smallest absolute Gasteiger partial charge is 0.0160 e. The van der Waals surface area contributed by atoms with Crippen LogP contribution in [-0.4, -0.2) is 72.6 Å². The van der Waals surface area contributed by atoms with E-state index in [9.17, 15) is 0 Å². The molecule has 236 valence electrons. The lowest BCUT2D eigenvalue weighted by molar-refractivity contribution is 0.0502. The molecule has 0 radical (unpaired) electrons. The maximum absolute atomic E-state index is 3.08. The van der Waals surface area contributed by atoms with E-state index in [4.69, 9.17) is 0 Å². The molecule has 6 fully saturated rings. The molecule has 7 atom stereocenters. The average Bonchev–Trinajstić information content (AvgIpc) is 3.13. The molecule has 3 saturated carbocycles. The fourth-order valence-electron chi connectivity index (χ4n) is 11.6. The summed E-state index contributed by atoms with van der Waals surface area (Å²) in [6.45, 7) is 26.8. The lowest BCUT2D eigenvalue weighted by atomic mass is 9.62. The molecule has 6 rings (SSSR count). The standard InChI is InChI=1S/C38H69N3/c1-28(2)21-31-36(12-10-13-36)16-19-41(31)27-30-23-38(30)17-20-40(33(38)25-35(6,7)8)26-29-11-14-37(22-29)15-18-39(9)32(37)24-34(3,4)5/h28-33H,10-27H2,1-9H3. The van der Waals surface area contributed by atoms with E-state index >= 15 is 0 Å². The Hall–Kier alpha value is -0.120. The summed E-state index contributed by atoms with van der Waals surface area (Å²) < 4.78 is 0. The Labute approximate surface area is 255 Å². The van der Waals surface area contributed by atoms with Crippen LogP contribution in [0.2, 0.25) is 0 Å². The maximum atomic E-state index is 3.08. The van der Waals surface area contributed by atoms with Gasteiger partial charge in [0, 0.05) is 31.2 Å². The van der Waals surface area contributed by atoms with E-state index in [-0.39, 0.29) is 0 Å². The number of rotatable bonds is 8. The van der Waals surface area contributed by atoms with Gasteiger partial charge in [-0.2, -0.15) is 0 Å². The molecule has 3 heterocycles. The summed E-state index contributed by atoms with van der Waals surface area (Å²) in [6.07, 6.45) is 19.2. The SMILES string of the molecule is CC(C)CC1N(CC2CC23CCN(CC2CCC4(CCN(C)C4CC(C)(C)C)C2)C3CC(C)(C)C)CCC12CCC2. The highest BCUT2D eigenvalue weighted by molar-refractivity contribution is 5.17. The number of hydrogen-bond donors (Lipinski definition) is 0. The summed E-state index contributed by atoms with van der Waals surface area (Å²) in [6, 6.07) is 2.51. The molecule has 3 nitrogen and oxygen atoms in total. The molecule has 7 unspecified atom stereocenters. The summed E-state index contributed by atoms with van der Waals surface area (Å²) in [5.41, 5.74) is 2.78. The second-order valence-electron chi connectivity index (χ2n) is 19.7. The third-order valence-corrected chi connectivity index (χ3v) is 13.8. The second kappa shape index (κ2) is 10.8. The quantitative estimate of drug-likeness (QED) is 0.290. The summed E-state index contributed by atoms with van der Waals surface area (Å²) in [7, 11) is 2.42. The third kappa shape index (κ3) is 5.97. The van der Waals surface area contributed by atoms with Crippen LogP contribution in [0.25, 0.3) is 0 Å². The van der Waals surface area contributed by atoms with Crippen molar-refractivity contribution in [1.82, 2.24) is 14.7 Å². The summed E-state index contributed by atoms with van der Waals surface area (Å²) in [5.74, 6) is 2.71. The maximum Gasteiger partial charge on any atom is 0.0160 e.